The molecule has 0 aliphatic rings. The van der Waals surface area contributed by atoms with Gasteiger partial charge in [-0.3, -0.25) is 14.9 Å². The highest BCUT2D eigenvalue weighted by Gasteiger charge is 2.10. The number of H-pyrrole nitrogens is 1. The number of carbonyl (C=O) groups excluding carboxylic acids is 1. The van der Waals surface area contributed by atoms with E-state index >= 15 is 0 Å². The minimum Gasteiger partial charge on any atom is -0.309 e. The number of pyridine rings is 1. The molecule has 2 rings (SSSR count). The van der Waals surface area contributed by atoms with E-state index in [-0.39, 0.29) is 5.91 Å². The second kappa shape index (κ2) is 5.37. The molecule has 1 amide bonds. The number of rotatable bonds is 3. The molecule has 0 saturated carbocycles. The molecule has 7 heteroatoms. The maximum Gasteiger partial charge on any atom is 0.225 e. The Morgan fingerprint density at radius 1 is 1.44 bits per heavy atom. The highest BCUT2D eigenvalue weighted by Crippen LogP contribution is 2.27. The van der Waals surface area contributed by atoms with Gasteiger partial charge >= 0.3 is 0 Å². The lowest BCUT2D eigenvalue weighted by molar-refractivity contribution is -0.115. The molecule has 2 aromatic rings. The van der Waals surface area contributed by atoms with Gasteiger partial charge in [-0.25, -0.2) is 0 Å². The predicted octanol–water partition coefficient (Wildman–Crippen LogP) is 3.13. The summed E-state index contributed by atoms with van der Waals surface area (Å²) in [6, 6.07) is 3.26. The number of anilines is 1. The first-order valence-electron chi connectivity index (χ1n) is 5.27. The van der Waals surface area contributed by atoms with E-state index in [1.807, 2.05) is 0 Å². The average Bonchev–Trinajstić information content (AvgIpc) is 2.77. The molecule has 0 radical (unpaired) electrons. The molecular weight excluding hydrogens is 275 g/mol. The zero-order valence-corrected chi connectivity index (χ0v) is 11.0. The zero-order valence-electron chi connectivity index (χ0n) is 9.50. The van der Waals surface area contributed by atoms with Crippen LogP contribution in [0.4, 0.5) is 5.82 Å². The standard InChI is InChI=1S/C11H10Cl2N4O/c1-2-10(18)15-9-4-8(16-17-9)11-7(13)3-6(12)5-14-11/h3-5H,2H2,1H3,(H2,15,16,17,18). The third kappa shape index (κ3) is 2.80. The quantitative estimate of drug-likeness (QED) is 0.910. The van der Waals surface area contributed by atoms with E-state index in [4.69, 9.17) is 23.2 Å². The third-order valence-corrected chi connectivity index (χ3v) is 2.72. The van der Waals surface area contributed by atoms with E-state index in [9.17, 15) is 4.79 Å². The smallest absolute Gasteiger partial charge is 0.225 e. The molecule has 2 N–H and O–H groups in total. The summed E-state index contributed by atoms with van der Waals surface area (Å²) in [5.41, 5.74) is 1.15. The van der Waals surface area contributed by atoms with Gasteiger partial charge in [0.15, 0.2) is 5.82 Å². The fraction of sp³-hybridized carbons (Fsp3) is 0.182. The first-order chi connectivity index (χ1) is 8.60. The van der Waals surface area contributed by atoms with Gasteiger partial charge in [-0.2, -0.15) is 5.10 Å². The zero-order chi connectivity index (χ0) is 13.1. The molecule has 0 spiro atoms. The maximum atomic E-state index is 11.2. The van der Waals surface area contributed by atoms with Crippen LogP contribution in [0.1, 0.15) is 13.3 Å². The van der Waals surface area contributed by atoms with Crippen molar-refractivity contribution in [2.24, 2.45) is 0 Å². The van der Waals surface area contributed by atoms with Gasteiger partial charge in [0.25, 0.3) is 0 Å². The topological polar surface area (TPSA) is 70.7 Å². The third-order valence-electron chi connectivity index (χ3n) is 2.23. The van der Waals surface area contributed by atoms with Crippen LogP contribution in [0, 0.1) is 0 Å². The van der Waals surface area contributed by atoms with Crippen molar-refractivity contribution in [2.75, 3.05) is 5.32 Å². The van der Waals surface area contributed by atoms with E-state index in [1.165, 1.54) is 6.20 Å². The molecule has 0 bridgehead atoms. The van der Waals surface area contributed by atoms with Crippen molar-refractivity contribution in [3.8, 4) is 11.4 Å². The SMILES string of the molecule is CCC(=O)Nc1cc(-c2ncc(Cl)cc2Cl)[nH]n1. The van der Waals surface area contributed by atoms with E-state index in [2.05, 4.69) is 20.5 Å². The molecule has 0 aliphatic heterocycles. The van der Waals surface area contributed by atoms with Crippen LogP contribution in [0.5, 0.6) is 0 Å². The number of aromatic amines is 1. The number of nitrogens with one attached hydrogen (secondary N) is 2. The fourth-order valence-corrected chi connectivity index (χ4v) is 1.83. The Morgan fingerprint density at radius 3 is 2.89 bits per heavy atom. The van der Waals surface area contributed by atoms with E-state index in [0.717, 1.165) is 0 Å². The molecule has 0 saturated heterocycles. The molecule has 0 unspecified atom stereocenters. The van der Waals surface area contributed by atoms with Crippen LogP contribution in [0.2, 0.25) is 10.0 Å². The molecule has 2 aromatic heterocycles. The molecule has 0 aliphatic carbocycles. The number of nitrogens with zero attached hydrogens (tertiary/aromatic N) is 2. The van der Waals surface area contributed by atoms with Crippen LogP contribution >= 0.6 is 23.2 Å². The van der Waals surface area contributed by atoms with E-state index in [0.29, 0.717) is 33.7 Å². The lowest BCUT2D eigenvalue weighted by Gasteiger charge is -1.99. The number of hydrogen-bond acceptors (Lipinski definition) is 3. The molecular formula is C11H10Cl2N4O. The Hall–Kier alpha value is -1.59. The molecule has 0 fully saturated rings. The van der Waals surface area contributed by atoms with Crippen molar-refractivity contribution in [2.45, 2.75) is 13.3 Å². The lowest BCUT2D eigenvalue weighted by atomic mass is 10.2. The van der Waals surface area contributed by atoms with Crippen LogP contribution in [0.25, 0.3) is 11.4 Å². The van der Waals surface area contributed by atoms with Crippen LogP contribution in [-0.4, -0.2) is 21.1 Å². The largest absolute Gasteiger partial charge is 0.309 e. The Bertz CT molecular complexity index is 582. The fourth-order valence-electron chi connectivity index (χ4n) is 1.35. The summed E-state index contributed by atoms with van der Waals surface area (Å²) >= 11 is 11.8. The molecule has 0 atom stereocenters. The summed E-state index contributed by atoms with van der Waals surface area (Å²) in [6.45, 7) is 1.76. The van der Waals surface area contributed by atoms with Crippen LogP contribution < -0.4 is 5.32 Å². The lowest BCUT2D eigenvalue weighted by Crippen LogP contribution is -2.09. The molecule has 94 valence electrons. The second-order valence-corrected chi connectivity index (χ2v) is 4.40. The van der Waals surface area contributed by atoms with Crippen LogP contribution in [0.15, 0.2) is 18.3 Å². The number of hydrogen-bond donors (Lipinski definition) is 2. The van der Waals surface area contributed by atoms with Gasteiger partial charge in [-0.05, 0) is 6.07 Å². The van der Waals surface area contributed by atoms with Crippen LogP contribution in [0.3, 0.4) is 0 Å². The Kier molecular flexibility index (Phi) is 3.84. The van der Waals surface area contributed by atoms with E-state index < -0.39 is 0 Å². The van der Waals surface area contributed by atoms with Crippen molar-refractivity contribution < 1.29 is 4.79 Å². The molecule has 0 aromatic carbocycles. The minimum absolute atomic E-state index is 0.108. The van der Waals surface area contributed by atoms with Gasteiger partial charge in [0.1, 0.15) is 5.69 Å². The first kappa shape index (κ1) is 12.9. The molecule has 18 heavy (non-hydrogen) atoms. The van der Waals surface area contributed by atoms with Crippen LogP contribution in [-0.2, 0) is 4.79 Å². The number of aromatic nitrogens is 3. The summed E-state index contributed by atoms with van der Waals surface area (Å²) < 4.78 is 0. The predicted molar refractivity (Wildman–Crippen MR) is 70.8 cm³/mol. The van der Waals surface area contributed by atoms with Crippen molar-refractivity contribution in [3.05, 3.63) is 28.4 Å². The Balaban J connectivity index is 2.26. The first-order valence-corrected chi connectivity index (χ1v) is 6.02. The number of halogens is 2. The highest BCUT2D eigenvalue weighted by molar-refractivity contribution is 6.36. The van der Waals surface area contributed by atoms with Crippen molar-refractivity contribution in [3.63, 3.8) is 0 Å². The minimum atomic E-state index is -0.108. The van der Waals surface area contributed by atoms with Gasteiger partial charge in [-0.15, -0.1) is 0 Å². The summed E-state index contributed by atoms with van der Waals surface area (Å²) in [5.74, 6) is 0.327. The average molecular weight is 285 g/mol. The molecule has 5 nitrogen and oxygen atoms in total. The maximum absolute atomic E-state index is 11.2. The second-order valence-electron chi connectivity index (χ2n) is 3.55. The summed E-state index contributed by atoms with van der Waals surface area (Å²) in [5, 5.41) is 10.2. The van der Waals surface area contributed by atoms with E-state index in [1.54, 1.807) is 19.1 Å². The summed E-state index contributed by atoms with van der Waals surface area (Å²) in [6.07, 6.45) is 1.88. The van der Waals surface area contributed by atoms with Gasteiger partial charge < -0.3 is 5.32 Å². The summed E-state index contributed by atoms with van der Waals surface area (Å²) in [4.78, 5) is 15.3. The normalized spacial score (nSPS) is 10.4. The van der Waals surface area contributed by atoms with Gasteiger partial charge in [-0.1, -0.05) is 30.1 Å². The van der Waals surface area contributed by atoms with Gasteiger partial charge in [0.05, 0.1) is 15.7 Å². The van der Waals surface area contributed by atoms with Gasteiger partial charge in [0, 0.05) is 18.7 Å². The van der Waals surface area contributed by atoms with Crippen molar-refractivity contribution >= 4 is 34.9 Å². The highest BCUT2D eigenvalue weighted by atomic mass is 35.5. The van der Waals surface area contributed by atoms with Crippen molar-refractivity contribution in [1.82, 2.24) is 15.2 Å². The van der Waals surface area contributed by atoms with Crippen molar-refractivity contribution in [1.29, 1.82) is 0 Å². The summed E-state index contributed by atoms with van der Waals surface area (Å²) in [7, 11) is 0. The number of carbonyl (C=O) groups is 1. The Labute approximate surface area is 114 Å². The Morgan fingerprint density at radius 2 is 2.22 bits per heavy atom. The molecule has 2 heterocycles. The number of amides is 1. The van der Waals surface area contributed by atoms with Gasteiger partial charge in [0.2, 0.25) is 5.91 Å². The monoisotopic (exact) mass is 284 g/mol.